The minimum Gasteiger partial charge on any atom is -0.444 e. The Morgan fingerprint density at radius 3 is 2.32 bits per heavy atom. The molecular formula is C13H25N3O3. The predicted octanol–water partition coefficient (Wildman–Crippen LogP) is 0.00120. The number of nitrogens with two attached hydrogens (primary N) is 1. The van der Waals surface area contributed by atoms with Crippen molar-refractivity contribution in [2.75, 3.05) is 33.2 Å². The van der Waals surface area contributed by atoms with Gasteiger partial charge in [0.25, 0.3) is 0 Å². The Bertz CT molecular complexity index is 374. The first-order valence-corrected chi connectivity index (χ1v) is 6.72. The van der Waals surface area contributed by atoms with Crippen molar-refractivity contribution < 1.29 is 14.6 Å². The van der Waals surface area contributed by atoms with Crippen LogP contribution in [0.5, 0.6) is 0 Å². The standard InChI is InChI=1S/C13H25N3O3/c1-11(2,3)19-10(17)16-7-12(14,8-16)13(18)5-6-15(4)9-13/h18H,5-9,14H2,1-4H3. The van der Waals surface area contributed by atoms with E-state index in [9.17, 15) is 9.90 Å². The molecule has 6 heteroatoms. The molecule has 3 N–H and O–H groups in total. The summed E-state index contributed by atoms with van der Waals surface area (Å²) >= 11 is 0. The molecule has 2 aliphatic rings. The van der Waals surface area contributed by atoms with Crippen LogP contribution in [0, 0.1) is 0 Å². The Morgan fingerprint density at radius 1 is 1.32 bits per heavy atom. The van der Waals surface area contributed by atoms with Crippen LogP contribution in [-0.2, 0) is 4.74 Å². The van der Waals surface area contributed by atoms with Gasteiger partial charge < -0.3 is 25.4 Å². The van der Waals surface area contributed by atoms with Crippen LogP contribution in [0.25, 0.3) is 0 Å². The van der Waals surface area contributed by atoms with Crippen molar-refractivity contribution in [3.63, 3.8) is 0 Å². The van der Waals surface area contributed by atoms with E-state index in [2.05, 4.69) is 4.90 Å². The van der Waals surface area contributed by atoms with Gasteiger partial charge in [0, 0.05) is 26.2 Å². The maximum Gasteiger partial charge on any atom is 0.410 e. The van der Waals surface area contributed by atoms with E-state index in [4.69, 9.17) is 10.5 Å². The Balaban J connectivity index is 1.93. The van der Waals surface area contributed by atoms with Crippen molar-refractivity contribution in [3.8, 4) is 0 Å². The van der Waals surface area contributed by atoms with Crippen molar-refractivity contribution >= 4 is 6.09 Å². The summed E-state index contributed by atoms with van der Waals surface area (Å²) < 4.78 is 5.29. The van der Waals surface area contributed by atoms with Gasteiger partial charge in [0.05, 0.1) is 11.1 Å². The maximum atomic E-state index is 11.9. The largest absolute Gasteiger partial charge is 0.444 e. The van der Waals surface area contributed by atoms with Gasteiger partial charge in [0.2, 0.25) is 0 Å². The molecule has 0 aromatic carbocycles. The molecule has 1 unspecified atom stereocenters. The predicted molar refractivity (Wildman–Crippen MR) is 71.8 cm³/mol. The molecule has 0 aliphatic carbocycles. The minimum absolute atomic E-state index is 0.353. The molecule has 0 spiro atoms. The summed E-state index contributed by atoms with van der Waals surface area (Å²) in [7, 11) is 1.96. The van der Waals surface area contributed by atoms with Crippen LogP contribution in [0.15, 0.2) is 0 Å². The summed E-state index contributed by atoms with van der Waals surface area (Å²) in [4.78, 5) is 15.5. The van der Waals surface area contributed by atoms with Crippen molar-refractivity contribution in [1.82, 2.24) is 9.80 Å². The molecule has 2 heterocycles. The van der Waals surface area contributed by atoms with Crippen molar-refractivity contribution in [3.05, 3.63) is 0 Å². The highest BCUT2D eigenvalue weighted by Gasteiger charge is 2.58. The number of carbonyl (C=O) groups excluding carboxylic acids is 1. The van der Waals surface area contributed by atoms with Crippen molar-refractivity contribution in [1.29, 1.82) is 0 Å². The maximum absolute atomic E-state index is 11.9. The second-order valence-corrected chi connectivity index (χ2v) is 7.01. The average Bonchev–Trinajstić information content (AvgIpc) is 2.52. The van der Waals surface area contributed by atoms with E-state index in [1.165, 1.54) is 0 Å². The van der Waals surface area contributed by atoms with Gasteiger partial charge in [-0.25, -0.2) is 4.79 Å². The highest BCUT2D eigenvalue weighted by atomic mass is 16.6. The molecular weight excluding hydrogens is 246 g/mol. The molecule has 0 saturated carbocycles. The number of likely N-dealkylation sites (N-methyl/N-ethyl adjacent to an activating group) is 1. The van der Waals surface area contributed by atoms with Crippen LogP contribution in [0.1, 0.15) is 27.2 Å². The number of ether oxygens (including phenoxy) is 1. The normalized spacial score (nSPS) is 31.2. The zero-order valence-corrected chi connectivity index (χ0v) is 12.3. The van der Waals surface area contributed by atoms with Gasteiger partial charge in [-0.05, 0) is 34.2 Å². The van der Waals surface area contributed by atoms with Gasteiger partial charge >= 0.3 is 6.09 Å². The smallest absolute Gasteiger partial charge is 0.410 e. The number of rotatable bonds is 1. The summed E-state index contributed by atoms with van der Waals surface area (Å²) in [6, 6.07) is 0. The van der Waals surface area contributed by atoms with E-state index in [0.717, 1.165) is 6.54 Å². The number of nitrogens with zero attached hydrogens (tertiary/aromatic N) is 2. The third-order valence-electron chi connectivity index (χ3n) is 3.96. The topological polar surface area (TPSA) is 79.0 Å². The fraction of sp³-hybridized carbons (Fsp3) is 0.923. The molecule has 0 aromatic rings. The molecule has 6 nitrogen and oxygen atoms in total. The lowest BCUT2D eigenvalue weighted by atomic mass is 9.74. The highest BCUT2D eigenvalue weighted by molar-refractivity contribution is 5.70. The first-order valence-electron chi connectivity index (χ1n) is 6.72. The quantitative estimate of drug-likeness (QED) is 0.702. The number of β-amino-alcohol motifs (C(OH)–C–C–N with tert-alkyl or cyclic N) is 1. The summed E-state index contributed by atoms with van der Waals surface area (Å²) in [6.45, 7) is 7.60. The van der Waals surface area contributed by atoms with Gasteiger partial charge in [0.15, 0.2) is 0 Å². The average molecular weight is 271 g/mol. The van der Waals surface area contributed by atoms with Crippen LogP contribution in [0.3, 0.4) is 0 Å². The second kappa shape index (κ2) is 4.33. The zero-order valence-electron chi connectivity index (χ0n) is 12.3. The lowest BCUT2D eigenvalue weighted by molar-refractivity contribution is -0.0975. The number of aliphatic hydroxyl groups is 1. The van der Waals surface area contributed by atoms with Gasteiger partial charge in [0.1, 0.15) is 5.60 Å². The van der Waals surface area contributed by atoms with Crippen LogP contribution >= 0.6 is 0 Å². The summed E-state index contributed by atoms with van der Waals surface area (Å²) in [6.07, 6.45) is 0.297. The highest BCUT2D eigenvalue weighted by Crippen LogP contribution is 2.36. The molecule has 1 atom stereocenters. The van der Waals surface area contributed by atoms with Gasteiger partial charge in [-0.1, -0.05) is 0 Å². The number of likely N-dealkylation sites (tertiary alicyclic amines) is 2. The Labute approximate surface area is 114 Å². The van der Waals surface area contributed by atoms with Gasteiger partial charge in [-0.3, -0.25) is 0 Å². The Hall–Kier alpha value is -0.850. The number of hydrogen-bond donors (Lipinski definition) is 2. The van der Waals surface area contributed by atoms with E-state index in [0.29, 0.717) is 26.1 Å². The number of amides is 1. The van der Waals surface area contributed by atoms with Crippen molar-refractivity contribution in [2.24, 2.45) is 5.73 Å². The lowest BCUT2D eigenvalue weighted by Gasteiger charge is -2.54. The van der Waals surface area contributed by atoms with E-state index in [1.807, 2.05) is 27.8 Å². The lowest BCUT2D eigenvalue weighted by Crippen LogP contribution is -2.79. The molecule has 1 amide bonds. The first kappa shape index (κ1) is 14.6. The van der Waals surface area contributed by atoms with E-state index in [1.54, 1.807) is 4.90 Å². The van der Waals surface area contributed by atoms with Crippen LogP contribution < -0.4 is 5.73 Å². The van der Waals surface area contributed by atoms with E-state index < -0.39 is 16.7 Å². The SMILES string of the molecule is CN1CCC(O)(C2(N)CN(C(=O)OC(C)(C)C)C2)C1. The molecule has 110 valence electrons. The van der Waals surface area contributed by atoms with Gasteiger partial charge in [-0.2, -0.15) is 0 Å². The van der Waals surface area contributed by atoms with Crippen LogP contribution in [-0.4, -0.2) is 71.0 Å². The first-order chi connectivity index (χ1) is 8.55. The zero-order chi connectivity index (χ0) is 14.5. The summed E-state index contributed by atoms with van der Waals surface area (Å²) in [5, 5.41) is 10.6. The molecule has 19 heavy (non-hydrogen) atoms. The van der Waals surface area contributed by atoms with Crippen molar-refractivity contribution in [2.45, 2.75) is 43.9 Å². The van der Waals surface area contributed by atoms with Crippen LogP contribution in [0.2, 0.25) is 0 Å². The number of carbonyl (C=O) groups is 1. The Morgan fingerprint density at radius 2 is 1.89 bits per heavy atom. The monoisotopic (exact) mass is 271 g/mol. The molecule has 2 fully saturated rings. The van der Waals surface area contributed by atoms with Crippen LogP contribution in [0.4, 0.5) is 4.79 Å². The fourth-order valence-electron chi connectivity index (χ4n) is 2.77. The molecule has 2 saturated heterocycles. The third-order valence-corrected chi connectivity index (χ3v) is 3.96. The molecule has 0 aromatic heterocycles. The number of hydrogen-bond acceptors (Lipinski definition) is 5. The third kappa shape index (κ3) is 2.70. The molecule has 0 radical (unpaired) electrons. The Kier molecular flexibility index (Phi) is 3.32. The molecule has 2 aliphatic heterocycles. The minimum atomic E-state index is -0.903. The summed E-state index contributed by atoms with van der Waals surface area (Å²) in [5.74, 6) is 0. The molecule has 0 bridgehead atoms. The second-order valence-electron chi connectivity index (χ2n) is 7.01. The van der Waals surface area contributed by atoms with E-state index >= 15 is 0 Å². The fourth-order valence-corrected chi connectivity index (χ4v) is 2.77. The van der Waals surface area contributed by atoms with Gasteiger partial charge in [-0.15, -0.1) is 0 Å². The molecule has 2 rings (SSSR count). The van der Waals surface area contributed by atoms with E-state index in [-0.39, 0.29) is 6.09 Å². The summed E-state index contributed by atoms with van der Waals surface area (Å²) in [5.41, 5.74) is 4.15.